The molecular weight excluding hydrogens is 416 g/mol. The fourth-order valence-electron chi connectivity index (χ4n) is 3.78. The van der Waals surface area contributed by atoms with Crippen LogP contribution in [-0.4, -0.2) is 42.7 Å². The van der Waals surface area contributed by atoms with Gasteiger partial charge in [0.05, 0.1) is 18.1 Å². The maximum atomic E-state index is 13.6. The van der Waals surface area contributed by atoms with Crippen LogP contribution in [0.3, 0.4) is 0 Å². The lowest BCUT2D eigenvalue weighted by Gasteiger charge is -2.34. The summed E-state index contributed by atoms with van der Waals surface area (Å²) in [6, 6.07) is 5.93. The summed E-state index contributed by atoms with van der Waals surface area (Å²) >= 11 is 0. The van der Waals surface area contributed by atoms with Gasteiger partial charge >= 0.3 is 12.3 Å². The summed E-state index contributed by atoms with van der Waals surface area (Å²) in [7, 11) is 0. The van der Waals surface area contributed by atoms with Crippen LogP contribution in [-0.2, 0) is 19.0 Å². The number of Topliss-reactive ketones (excluding diaryl/α,β-unsaturated/α-hetero) is 1. The molecule has 8 heteroatoms. The molecule has 8 nitrogen and oxygen atoms in total. The second-order valence-electron chi connectivity index (χ2n) is 7.47. The molecule has 2 aliphatic carbocycles. The van der Waals surface area contributed by atoms with Crippen LogP contribution < -0.4 is 4.74 Å². The molecule has 0 saturated heterocycles. The van der Waals surface area contributed by atoms with Gasteiger partial charge in [-0.2, -0.15) is 0 Å². The van der Waals surface area contributed by atoms with Gasteiger partial charge in [0.15, 0.2) is 0 Å². The van der Waals surface area contributed by atoms with Gasteiger partial charge in [-0.15, -0.1) is 0 Å². The third-order valence-electron chi connectivity index (χ3n) is 5.36. The van der Waals surface area contributed by atoms with Crippen molar-refractivity contribution in [2.45, 2.75) is 50.7 Å². The predicted molar refractivity (Wildman–Crippen MR) is 113 cm³/mol. The molecule has 0 aliphatic heterocycles. The van der Waals surface area contributed by atoms with Crippen molar-refractivity contribution in [2.75, 3.05) is 6.61 Å². The smallest absolute Gasteiger partial charge is 0.434 e. The molecule has 32 heavy (non-hydrogen) atoms. The highest BCUT2D eigenvalue weighted by Crippen LogP contribution is 2.35. The number of para-hydroxylation sites is 1. The van der Waals surface area contributed by atoms with E-state index in [1.54, 1.807) is 31.4 Å². The topological polar surface area (TPSA) is 105 Å². The van der Waals surface area contributed by atoms with Crippen LogP contribution in [0, 0.1) is 5.92 Å². The molecule has 2 atom stereocenters. The highest BCUT2D eigenvalue weighted by Gasteiger charge is 2.50. The second-order valence-corrected chi connectivity index (χ2v) is 7.47. The minimum atomic E-state index is -2.03. The summed E-state index contributed by atoms with van der Waals surface area (Å²) in [5.41, 5.74) is -2.10. The van der Waals surface area contributed by atoms with Crippen molar-refractivity contribution in [3.8, 4) is 5.75 Å². The van der Waals surface area contributed by atoms with E-state index in [1.807, 2.05) is 0 Å². The predicted octanol–water partition coefficient (Wildman–Crippen LogP) is 4.48. The number of carbonyl (C=O) groups is 3. The van der Waals surface area contributed by atoms with Crippen LogP contribution in [0.4, 0.5) is 9.59 Å². The molecular formula is C24H25O8. The first-order valence-electron chi connectivity index (χ1n) is 10.6. The van der Waals surface area contributed by atoms with Crippen LogP contribution >= 0.6 is 0 Å². The molecule has 0 bridgehead atoms. The molecule has 0 amide bonds. The van der Waals surface area contributed by atoms with E-state index >= 15 is 0 Å². The third-order valence-corrected chi connectivity index (χ3v) is 5.36. The van der Waals surface area contributed by atoms with Crippen LogP contribution in [0.5, 0.6) is 5.75 Å². The lowest BCUT2D eigenvalue weighted by molar-refractivity contribution is -0.0336. The van der Waals surface area contributed by atoms with Gasteiger partial charge in [-0.1, -0.05) is 36.8 Å². The number of benzene rings is 1. The van der Waals surface area contributed by atoms with Gasteiger partial charge in [0.25, 0.3) is 0 Å². The Morgan fingerprint density at radius 3 is 2.53 bits per heavy atom. The summed E-state index contributed by atoms with van der Waals surface area (Å²) in [5.74, 6) is -2.06. The Hall–Kier alpha value is -3.42. The van der Waals surface area contributed by atoms with Gasteiger partial charge in [0, 0.05) is 0 Å². The van der Waals surface area contributed by atoms with E-state index < -0.39 is 29.6 Å². The molecule has 0 aromatic heterocycles. The van der Waals surface area contributed by atoms with Crippen molar-refractivity contribution in [3.63, 3.8) is 0 Å². The molecule has 0 N–H and O–H groups in total. The molecule has 1 fully saturated rings. The molecule has 0 spiro atoms. The highest BCUT2D eigenvalue weighted by atomic mass is 16.7. The van der Waals surface area contributed by atoms with E-state index in [2.05, 4.69) is 0 Å². The lowest BCUT2D eigenvalue weighted by Crippen LogP contribution is -2.49. The Morgan fingerprint density at radius 2 is 1.81 bits per heavy atom. The van der Waals surface area contributed by atoms with Gasteiger partial charge in [0.1, 0.15) is 11.9 Å². The number of rotatable bonds is 7. The Kier molecular flexibility index (Phi) is 7.81. The summed E-state index contributed by atoms with van der Waals surface area (Å²) in [5, 5.41) is 0. The summed E-state index contributed by atoms with van der Waals surface area (Å²) in [6.07, 6.45) is 9.57. The first-order chi connectivity index (χ1) is 15.5. The zero-order chi connectivity index (χ0) is 23.0. The largest absolute Gasteiger partial charge is 0.513 e. The van der Waals surface area contributed by atoms with Crippen molar-refractivity contribution in [1.82, 2.24) is 0 Å². The van der Waals surface area contributed by atoms with Gasteiger partial charge < -0.3 is 18.9 Å². The quantitative estimate of drug-likeness (QED) is 0.346. The minimum absolute atomic E-state index is 0.0637. The van der Waals surface area contributed by atoms with E-state index in [0.717, 1.165) is 19.3 Å². The van der Waals surface area contributed by atoms with Crippen LogP contribution in [0.2, 0.25) is 0 Å². The Labute approximate surface area is 186 Å². The van der Waals surface area contributed by atoms with E-state index in [-0.39, 0.29) is 24.0 Å². The van der Waals surface area contributed by atoms with E-state index in [4.69, 9.17) is 18.9 Å². The number of hydrogen-bond acceptors (Lipinski definition) is 8. The Morgan fingerprint density at radius 1 is 1.06 bits per heavy atom. The minimum Gasteiger partial charge on any atom is -0.434 e. The van der Waals surface area contributed by atoms with Crippen molar-refractivity contribution < 1.29 is 38.1 Å². The van der Waals surface area contributed by atoms with Crippen LogP contribution in [0.1, 0.15) is 49.4 Å². The number of ether oxygens (including phenoxy) is 4. The Balaban J connectivity index is 1.91. The molecule has 1 radical (unpaired) electrons. The van der Waals surface area contributed by atoms with Crippen LogP contribution in [0.15, 0.2) is 48.6 Å². The van der Waals surface area contributed by atoms with Crippen LogP contribution in [0.25, 0.3) is 0 Å². The molecule has 2 unspecified atom stereocenters. The second kappa shape index (κ2) is 10.7. The van der Waals surface area contributed by atoms with Gasteiger partial charge in [-0.05, 0) is 50.8 Å². The molecule has 3 rings (SSSR count). The first-order valence-corrected chi connectivity index (χ1v) is 10.6. The fourth-order valence-corrected chi connectivity index (χ4v) is 3.78. The van der Waals surface area contributed by atoms with Gasteiger partial charge in [-0.3, -0.25) is 9.59 Å². The molecule has 169 valence electrons. The maximum absolute atomic E-state index is 13.6. The lowest BCUT2D eigenvalue weighted by atomic mass is 9.78. The highest BCUT2D eigenvalue weighted by molar-refractivity contribution is 6.09. The zero-order valence-corrected chi connectivity index (χ0v) is 17.8. The monoisotopic (exact) mass is 441 g/mol. The van der Waals surface area contributed by atoms with E-state index in [1.165, 1.54) is 30.4 Å². The summed E-state index contributed by atoms with van der Waals surface area (Å²) in [4.78, 5) is 49.8. The number of hydrogen-bond donors (Lipinski definition) is 0. The van der Waals surface area contributed by atoms with E-state index in [0.29, 0.717) is 12.8 Å². The average Bonchev–Trinajstić information content (AvgIpc) is 2.80. The standard InChI is InChI=1S/C24H25O8/c1-2-29-22(27)31-20-14-7-6-13-19(20)21(26)24(15-9-8-10-17(24)16-25)32-23(28)30-18-11-4-3-5-12-18/h6-10,13-15,17-18H,2-5,11-12H2,1H3. The van der Waals surface area contributed by atoms with E-state index in [9.17, 15) is 19.2 Å². The van der Waals surface area contributed by atoms with Gasteiger partial charge in [-0.25, -0.2) is 9.59 Å². The number of ketones is 1. The number of allylic oxidation sites excluding steroid dienone is 2. The maximum Gasteiger partial charge on any atom is 0.513 e. The molecule has 0 heterocycles. The molecule has 1 saturated carbocycles. The SMILES string of the molecule is CCOC(=O)Oc1ccccc1C(=O)C1(OC(=O)OC2CCCCC2)C=CC=CC1[C]=O. The van der Waals surface area contributed by atoms with Crippen molar-refractivity contribution >= 4 is 24.4 Å². The third kappa shape index (κ3) is 5.25. The number of carbonyl (C=O) groups excluding carboxylic acids is 4. The fraction of sp³-hybridized carbons (Fsp3) is 0.417. The first kappa shape index (κ1) is 23.2. The summed E-state index contributed by atoms with van der Waals surface area (Å²) in [6.45, 7) is 1.70. The molecule has 1 aromatic carbocycles. The van der Waals surface area contributed by atoms with Crippen molar-refractivity contribution in [1.29, 1.82) is 0 Å². The molecule has 2 aliphatic rings. The van der Waals surface area contributed by atoms with Gasteiger partial charge in [0.2, 0.25) is 17.7 Å². The van der Waals surface area contributed by atoms with Crippen molar-refractivity contribution in [2.24, 2.45) is 5.92 Å². The van der Waals surface area contributed by atoms with Crippen molar-refractivity contribution in [3.05, 3.63) is 54.1 Å². The normalized spacial score (nSPS) is 22.6. The molecule has 1 aromatic rings. The average molecular weight is 441 g/mol. The Bertz CT molecular complexity index is 912. The zero-order valence-electron chi connectivity index (χ0n) is 17.8. The summed E-state index contributed by atoms with van der Waals surface area (Å²) < 4.78 is 20.9.